The first kappa shape index (κ1) is 21.4. The lowest BCUT2D eigenvalue weighted by Crippen LogP contribution is -2.38. The molecule has 1 aliphatic heterocycles. The summed E-state index contributed by atoms with van der Waals surface area (Å²) < 4.78 is 0. The van der Waals surface area contributed by atoms with Crippen LogP contribution in [0.25, 0.3) is 0 Å². The molecule has 1 aliphatic rings. The van der Waals surface area contributed by atoms with Crippen molar-refractivity contribution in [1.82, 2.24) is 10.2 Å². The van der Waals surface area contributed by atoms with E-state index in [1.807, 2.05) is 4.90 Å². The normalized spacial score (nSPS) is 14.1. The van der Waals surface area contributed by atoms with Crippen LogP contribution >= 0.6 is 12.2 Å². The van der Waals surface area contributed by atoms with Crippen molar-refractivity contribution in [3.8, 4) is 0 Å². The van der Waals surface area contributed by atoms with Crippen molar-refractivity contribution in [2.24, 2.45) is 5.92 Å². The van der Waals surface area contributed by atoms with Crippen LogP contribution in [-0.4, -0.2) is 39.8 Å². The van der Waals surface area contributed by atoms with Crippen molar-refractivity contribution in [2.45, 2.75) is 19.8 Å². The van der Waals surface area contributed by atoms with Gasteiger partial charge in [-0.15, -0.1) is 0 Å². The van der Waals surface area contributed by atoms with Crippen molar-refractivity contribution < 1.29 is 14.5 Å². The fourth-order valence-electron chi connectivity index (χ4n) is 3.28. The van der Waals surface area contributed by atoms with Gasteiger partial charge >= 0.3 is 0 Å². The number of hydrogen-bond donors (Lipinski definition) is 2. The number of nitro benzene ring substituents is 1. The van der Waals surface area contributed by atoms with Crippen LogP contribution in [0.4, 0.5) is 11.4 Å². The van der Waals surface area contributed by atoms with Gasteiger partial charge in [-0.25, -0.2) is 0 Å². The molecule has 0 unspecified atom stereocenters. The summed E-state index contributed by atoms with van der Waals surface area (Å²) in [5, 5.41) is 16.4. The molecule has 0 aromatic heterocycles. The Balaban J connectivity index is 1.65. The first-order valence-electron chi connectivity index (χ1n) is 9.60. The Bertz CT molecular complexity index is 986. The average molecular weight is 426 g/mol. The summed E-state index contributed by atoms with van der Waals surface area (Å²) in [5.74, 6) is -0.0987. The highest BCUT2D eigenvalue weighted by molar-refractivity contribution is 7.80. The maximum atomic E-state index is 12.7. The van der Waals surface area contributed by atoms with E-state index in [0.29, 0.717) is 17.2 Å². The number of para-hydroxylation sites is 1. The predicted octanol–water partition coefficient (Wildman–Crippen LogP) is 3.59. The fraction of sp³-hybridized carbons (Fsp3) is 0.286. The number of likely N-dealkylation sites (tertiary alicyclic amines) is 1. The largest absolute Gasteiger partial charge is 0.339 e. The fourth-order valence-corrected chi connectivity index (χ4v) is 3.49. The molecule has 0 bridgehead atoms. The quantitative estimate of drug-likeness (QED) is 0.440. The van der Waals surface area contributed by atoms with Gasteiger partial charge in [-0.1, -0.05) is 25.1 Å². The zero-order valence-electron chi connectivity index (χ0n) is 16.5. The smallest absolute Gasteiger partial charge is 0.282 e. The second-order valence-corrected chi connectivity index (χ2v) is 7.65. The van der Waals surface area contributed by atoms with E-state index in [-0.39, 0.29) is 22.3 Å². The van der Waals surface area contributed by atoms with E-state index in [4.69, 9.17) is 12.2 Å². The maximum absolute atomic E-state index is 12.7. The minimum atomic E-state index is -0.686. The Morgan fingerprint density at radius 2 is 1.83 bits per heavy atom. The number of hydrogen-bond acceptors (Lipinski definition) is 5. The third-order valence-corrected chi connectivity index (χ3v) is 5.21. The summed E-state index contributed by atoms with van der Waals surface area (Å²) in [6, 6.07) is 12.5. The molecule has 0 spiro atoms. The molecule has 1 fully saturated rings. The molecule has 156 valence electrons. The lowest BCUT2D eigenvalue weighted by Gasteiger charge is -2.30. The molecule has 1 heterocycles. The van der Waals surface area contributed by atoms with Crippen LogP contribution in [0.1, 0.15) is 40.5 Å². The molecule has 9 heteroatoms. The number of piperidine rings is 1. The van der Waals surface area contributed by atoms with Gasteiger partial charge in [-0.05, 0) is 55.2 Å². The molecular weight excluding hydrogens is 404 g/mol. The first-order valence-corrected chi connectivity index (χ1v) is 10.0. The van der Waals surface area contributed by atoms with Gasteiger partial charge in [0.2, 0.25) is 0 Å². The molecule has 0 saturated carbocycles. The second-order valence-electron chi connectivity index (χ2n) is 7.24. The molecule has 2 N–H and O–H groups in total. The molecule has 0 radical (unpaired) electrons. The molecule has 8 nitrogen and oxygen atoms in total. The van der Waals surface area contributed by atoms with Gasteiger partial charge in [0, 0.05) is 30.4 Å². The number of anilines is 1. The number of nitro groups is 1. The number of carbonyl (C=O) groups excluding carboxylic acids is 2. The van der Waals surface area contributed by atoms with Crippen LogP contribution in [0, 0.1) is 16.0 Å². The molecule has 1 saturated heterocycles. The molecule has 2 aromatic carbocycles. The van der Waals surface area contributed by atoms with Gasteiger partial charge in [0.25, 0.3) is 17.5 Å². The molecule has 30 heavy (non-hydrogen) atoms. The van der Waals surface area contributed by atoms with Crippen LogP contribution < -0.4 is 10.6 Å². The van der Waals surface area contributed by atoms with E-state index in [1.54, 1.807) is 24.3 Å². The number of thiocarbonyl (C=S) groups is 1. The Morgan fingerprint density at radius 3 is 2.53 bits per heavy atom. The van der Waals surface area contributed by atoms with Crippen molar-refractivity contribution in [1.29, 1.82) is 0 Å². The Kier molecular flexibility index (Phi) is 6.73. The number of amides is 2. The first-order chi connectivity index (χ1) is 14.3. The number of rotatable bonds is 4. The molecule has 0 aliphatic carbocycles. The van der Waals surface area contributed by atoms with Crippen LogP contribution in [0.3, 0.4) is 0 Å². The van der Waals surface area contributed by atoms with Crippen molar-refractivity contribution in [3.05, 3.63) is 69.8 Å². The SMILES string of the molecule is CC1CCN(C(=O)c2cccc(NC(=S)NC(=O)c3ccccc3[N+](=O)[O-])c2)CC1. The lowest BCUT2D eigenvalue weighted by molar-refractivity contribution is -0.385. The van der Waals surface area contributed by atoms with E-state index in [2.05, 4.69) is 17.6 Å². The van der Waals surface area contributed by atoms with Crippen molar-refractivity contribution in [2.75, 3.05) is 18.4 Å². The average Bonchev–Trinajstić information content (AvgIpc) is 2.73. The number of benzene rings is 2. The van der Waals surface area contributed by atoms with Gasteiger partial charge < -0.3 is 10.2 Å². The molecular formula is C21H22N4O4S. The van der Waals surface area contributed by atoms with Crippen LogP contribution in [0.2, 0.25) is 0 Å². The van der Waals surface area contributed by atoms with Gasteiger partial charge in [0.1, 0.15) is 5.56 Å². The van der Waals surface area contributed by atoms with Crippen LogP contribution in [0.5, 0.6) is 0 Å². The number of nitrogens with one attached hydrogen (secondary N) is 2. The number of nitrogens with zero attached hydrogens (tertiary/aromatic N) is 2. The minimum absolute atomic E-state index is 0.0189. The van der Waals surface area contributed by atoms with E-state index in [9.17, 15) is 19.7 Å². The topological polar surface area (TPSA) is 105 Å². The van der Waals surface area contributed by atoms with Crippen molar-refractivity contribution in [3.63, 3.8) is 0 Å². The van der Waals surface area contributed by atoms with Crippen molar-refractivity contribution >= 4 is 40.5 Å². The van der Waals surface area contributed by atoms with Crippen LogP contribution in [-0.2, 0) is 0 Å². The van der Waals surface area contributed by atoms with Gasteiger partial charge in [-0.3, -0.25) is 25.0 Å². The summed E-state index contributed by atoms with van der Waals surface area (Å²) in [6.45, 7) is 3.66. The highest BCUT2D eigenvalue weighted by Gasteiger charge is 2.22. The highest BCUT2D eigenvalue weighted by Crippen LogP contribution is 2.20. The standard InChI is InChI=1S/C21H22N4O4S/c1-14-9-11-24(12-10-14)20(27)15-5-4-6-16(13-15)22-21(30)23-19(26)17-7-2-3-8-18(17)25(28)29/h2-8,13-14H,9-12H2,1H3,(H2,22,23,26,30). The minimum Gasteiger partial charge on any atom is -0.339 e. The monoisotopic (exact) mass is 426 g/mol. The molecule has 0 atom stereocenters. The van der Waals surface area contributed by atoms with E-state index < -0.39 is 10.8 Å². The van der Waals surface area contributed by atoms with Crippen LogP contribution in [0.15, 0.2) is 48.5 Å². The molecule has 3 rings (SSSR count). The number of carbonyl (C=O) groups is 2. The van der Waals surface area contributed by atoms with Gasteiger partial charge in [0.05, 0.1) is 4.92 Å². The van der Waals surface area contributed by atoms with E-state index in [1.165, 1.54) is 24.3 Å². The Labute approximate surface area is 179 Å². The summed E-state index contributed by atoms with van der Waals surface area (Å²) in [6.07, 6.45) is 1.98. The van der Waals surface area contributed by atoms with E-state index >= 15 is 0 Å². The van der Waals surface area contributed by atoms with Gasteiger partial charge in [0.15, 0.2) is 5.11 Å². The zero-order chi connectivity index (χ0) is 21.7. The Hall–Kier alpha value is -3.33. The second kappa shape index (κ2) is 9.45. The predicted molar refractivity (Wildman–Crippen MR) is 118 cm³/mol. The summed E-state index contributed by atoms with van der Waals surface area (Å²) >= 11 is 5.16. The van der Waals surface area contributed by atoms with Gasteiger partial charge in [-0.2, -0.15) is 0 Å². The zero-order valence-corrected chi connectivity index (χ0v) is 17.3. The third kappa shape index (κ3) is 5.18. The molecule has 2 amide bonds. The summed E-state index contributed by atoms with van der Waals surface area (Å²) in [5.41, 5.74) is 0.678. The molecule has 2 aromatic rings. The van der Waals surface area contributed by atoms with E-state index in [0.717, 1.165) is 25.9 Å². The maximum Gasteiger partial charge on any atom is 0.282 e. The summed E-state index contributed by atoms with van der Waals surface area (Å²) in [7, 11) is 0. The lowest BCUT2D eigenvalue weighted by atomic mass is 9.98. The third-order valence-electron chi connectivity index (χ3n) is 5.01. The Morgan fingerprint density at radius 1 is 1.13 bits per heavy atom. The summed E-state index contributed by atoms with van der Waals surface area (Å²) in [4.78, 5) is 37.4. The highest BCUT2D eigenvalue weighted by atomic mass is 32.1.